The molecule has 0 aromatic rings. The molecule has 0 radical (unpaired) electrons. The van der Waals surface area contributed by atoms with Crippen LogP contribution >= 0.6 is 0 Å². The lowest BCUT2D eigenvalue weighted by Crippen LogP contribution is -2.34. The summed E-state index contributed by atoms with van der Waals surface area (Å²) >= 11 is 0. The maximum atomic E-state index is 12.3. The smallest absolute Gasteiger partial charge is 0.141 e. The van der Waals surface area contributed by atoms with Crippen molar-refractivity contribution in [3.63, 3.8) is 0 Å². The van der Waals surface area contributed by atoms with Crippen LogP contribution in [0.25, 0.3) is 0 Å². The van der Waals surface area contributed by atoms with Gasteiger partial charge < -0.3 is 4.74 Å². The molecule has 1 heterocycles. The molecule has 0 amide bonds. The molecule has 0 aromatic carbocycles. The van der Waals surface area contributed by atoms with Gasteiger partial charge in [0, 0.05) is 18.4 Å². The highest BCUT2D eigenvalue weighted by molar-refractivity contribution is 5.83. The molecule has 0 bridgehead atoms. The van der Waals surface area contributed by atoms with Crippen LogP contribution in [0, 0.1) is 23.7 Å². The highest BCUT2D eigenvalue weighted by atomic mass is 16.5. The van der Waals surface area contributed by atoms with E-state index in [-0.39, 0.29) is 5.92 Å². The van der Waals surface area contributed by atoms with E-state index in [4.69, 9.17) is 4.74 Å². The summed E-state index contributed by atoms with van der Waals surface area (Å²) in [7, 11) is 0. The highest BCUT2D eigenvalue weighted by Crippen LogP contribution is 2.35. The molecule has 4 atom stereocenters. The van der Waals surface area contributed by atoms with Crippen LogP contribution < -0.4 is 0 Å². The van der Waals surface area contributed by atoms with Gasteiger partial charge in [-0.25, -0.2) is 0 Å². The second-order valence-corrected chi connectivity index (χ2v) is 5.78. The lowest BCUT2D eigenvalue weighted by Gasteiger charge is -2.33. The molecular formula is C14H24O2. The summed E-state index contributed by atoms with van der Waals surface area (Å²) in [6, 6.07) is 0. The van der Waals surface area contributed by atoms with Crippen LogP contribution in [0.4, 0.5) is 0 Å². The molecule has 2 heteroatoms. The molecule has 4 unspecified atom stereocenters. The fraction of sp³-hybridized carbons (Fsp3) is 0.929. The van der Waals surface area contributed by atoms with Gasteiger partial charge in [-0.3, -0.25) is 4.79 Å². The van der Waals surface area contributed by atoms with Crippen LogP contribution in [0.15, 0.2) is 0 Å². The van der Waals surface area contributed by atoms with Gasteiger partial charge >= 0.3 is 0 Å². The number of rotatable bonds is 2. The molecule has 2 fully saturated rings. The average Bonchev–Trinajstić information content (AvgIpc) is 2.33. The summed E-state index contributed by atoms with van der Waals surface area (Å²) < 4.78 is 5.42. The first kappa shape index (κ1) is 12.1. The van der Waals surface area contributed by atoms with E-state index in [1.165, 1.54) is 6.42 Å². The zero-order valence-corrected chi connectivity index (χ0v) is 10.6. The Hall–Kier alpha value is -0.370. The van der Waals surface area contributed by atoms with E-state index >= 15 is 0 Å². The number of hydrogen-bond acceptors (Lipinski definition) is 2. The van der Waals surface area contributed by atoms with E-state index in [0.29, 0.717) is 24.2 Å². The maximum absolute atomic E-state index is 12.3. The molecule has 1 aliphatic heterocycles. The SMILES string of the molecule is CC1CCC(C(=O)C2CCCOC2)CC1C. The van der Waals surface area contributed by atoms with Crippen molar-refractivity contribution in [3.05, 3.63) is 0 Å². The fourth-order valence-electron chi connectivity index (χ4n) is 3.10. The van der Waals surface area contributed by atoms with Gasteiger partial charge in [0.25, 0.3) is 0 Å². The van der Waals surface area contributed by atoms with E-state index in [1.807, 2.05) is 0 Å². The molecule has 1 saturated carbocycles. The van der Waals surface area contributed by atoms with Crippen molar-refractivity contribution in [2.75, 3.05) is 13.2 Å². The van der Waals surface area contributed by atoms with E-state index in [9.17, 15) is 4.79 Å². The minimum atomic E-state index is 0.208. The lowest BCUT2D eigenvalue weighted by molar-refractivity contribution is -0.132. The standard InChI is InChI=1S/C14H24O2/c1-10-5-6-12(8-11(10)2)14(15)13-4-3-7-16-9-13/h10-13H,3-9H2,1-2H3. The third kappa shape index (κ3) is 2.65. The minimum absolute atomic E-state index is 0.208. The van der Waals surface area contributed by atoms with Gasteiger partial charge in [0.15, 0.2) is 0 Å². The first-order valence-electron chi connectivity index (χ1n) is 6.80. The Balaban J connectivity index is 1.89. The highest BCUT2D eigenvalue weighted by Gasteiger charge is 2.33. The van der Waals surface area contributed by atoms with Gasteiger partial charge in [0.05, 0.1) is 6.61 Å². The molecule has 2 rings (SSSR count). The molecule has 0 aromatic heterocycles. The molecule has 0 N–H and O–H groups in total. The Labute approximate surface area is 98.7 Å². The van der Waals surface area contributed by atoms with Gasteiger partial charge in [-0.1, -0.05) is 13.8 Å². The largest absolute Gasteiger partial charge is 0.381 e. The Morgan fingerprint density at radius 3 is 2.50 bits per heavy atom. The van der Waals surface area contributed by atoms with Gasteiger partial charge in [0.1, 0.15) is 5.78 Å². The minimum Gasteiger partial charge on any atom is -0.381 e. The number of carbonyl (C=O) groups is 1. The molecule has 2 aliphatic rings. The van der Waals surface area contributed by atoms with Crippen LogP contribution in [0.3, 0.4) is 0 Å². The molecule has 1 saturated heterocycles. The van der Waals surface area contributed by atoms with Crippen molar-refractivity contribution in [1.29, 1.82) is 0 Å². The fourth-order valence-corrected chi connectivity index (χ4v) is 3.10. The van der Waals surface area contributed by atoms with Crippen molar-refractivity contribution in [2.24, 2.45) is 23.7 Å². The van der Waals surface area contributed by atoms with Crippen LogP contribution in [0.2, 0.25) is 0 Å². The van der Waals surface area contributed by atoms with Gasteiger partial charge in [-0.15, -0.1) is 0 Å². The van der Waals surface area contributed by atoms with Crippen molar-refractivity contribution in [3.8, 4) is 0 Å². The number of Topliss-reactive ketones (excluding diaryl/α,β-unsaturated/α-hetero) is 1. The van der Waals surface area contributed by atoms with Crippen molar-refractivity contribution in [1.82, 2.24) is 0 Å². The van der Waals surface area contributed by atoms with E-state index in [2.05, 4.69) is 13.8 Å². The van der Waals surface area contributed by atoms with Gasteiger partial charge in [-0.2, -0.15) is 0 Å². The van der Waals surface area contributed by atoms with Gasteiger partial charge in [-0.05, 0) is 43.9 Å². The summed E-state index contributed by atoms with van der Waals surface area (Å²) in [6.45, 7) is 6.14. The summed E-state index contributed by atoms with van der Waals surface area (Å²) in [5, 5.41) is 0. The first-order valence-corrected chi connectivity index (χ1v) is 6.80. The number of hydrogen-bond donors (Lipinski definition) is 0. The number of ketones is 1. The van der Waals surface area contributed by atoms with Crippen LogP contribution in [0.1, 0.15) is 46.0 Å². The summed E-state index contributed by atoms with van der Waals surface area (Å²) in [6.07, 6.45) is 5.57. The number of ether oxygens (including phenoxy) is 1. The molecule has 1 aliphatic carbocycles. The normalized spacial score (nSPS) is 40.6. The van der Waals surface area contributed by atoms with Gasteiger partial charge in [0.2, 0.25) is 0 Å². The first-order chi connectivity index (χ1) is 7.68. The molecule has 2 nitrogen and oxygen atoms in total. The third-order valence-corrected chi connectivity index (χ3v) is 4.56. The van der Waals surface area contributed by atoms with Crippen LogP contribution in [-0.4, -0.2) is 19.0 Å². The van der Waals surface area contributed by atoms with Crippen LogP contribution in [0.5, 0.6) is 0 Å². The van der Waals surface area contributed by atoms with E-state index in [0.717, 1.165) is 38.2 Å². The lowest BCUT2D eigenvalue weighted by atomic mass is 9.72. The zero-order valence-electron chi connectivity index (χ0n) is 10.6. The van der Waals surface area contributed by atoms with Crippen molar-refractivity contribution >= 4 is 5.78 Å². The maximum Gasteiger partial charge on any atom is 0.141 e. The summed E-state index contributed by atoms with van der Waals surface area (Å²) in [4.78, 5) is 12.3. The second kappa shape index (κ2) is 5.31. The monoisotopic (exact) mass is 224 g/mol. The molecule has 0 spiro atoms. The molecule has 92 valence electrons. The van der Waals surface area contributed by atoms with Crippen LogP contribution in [-0.2, 0) is 9.53 Å². The van der Waals surface area contributed by atoms with Crippen molar-refractivity contribution in [2.45, 2.75) is 46.0 Å². The Morgan fingerprint density at radius 1 is 1.06 bits per heavy atom. The topological polar surface area (TPSA) is 26.3 Å². The Morgan fingerprint density at radius 2 is 1.88 bits per heavy atom. The Kier molecular flexibility index (Phi) is 4.01. The van der Waals surface area contributed by atoms with E-state index in [1.54, 1.807) is 0 Å². The zero-order chi connectivity index (χ0) is 11.5. The Bertz CT molecular complexity index is 243. The quantitative estimate of drug-likeness (QED) is 0.720. The average molecular weight is 224 g/mol. The van der Waals surface area contributed by atoms with E-state index < -0.39 is 0 Å². The molecular weight excluding hydrogens is 200 g/mol. The van der Waals surface area contributed by atoms with Crippen molar-refractivity contribution < 1.29 is 9.53 Å². The molecule has 16 heavy (non-hydrogen) atoms. The number of carbonyl (C=O) groups excluding carboxylic acids is 1. The summed E-state index contributed by atoms with van der Waals surface area (Å²) in [5.41, 5.74) is 0. The third-order valence-electron chi connectivity index (χ3n) is 4.56. The summed E-state index contributed by atoms with van der Waals surface area (Å²) in [5.74, 6) is 2.55. The predicted octanol–water partition coefficient (Wildman–Crippen LogP) is 3.05. The predicted molar refractivity (Wildman–Crippen MR) is 64.2 cm³/mol. The second-order valence-electron chi connectivity index (χ2n) is 5.78.